The number of ketones is 1. The average Bonchev–Trinajstić information content (AvgIpc) is 3.30. The topological polar surface area (TPSA) is 178 Å². The van der Waals surface area contributed by atoms with Crippen LogP contribution in [-0.4, -0.2) is 50.5 Å². The molecule has 3 rings (SSSR count). The summed E-state index contributed by atoms with van der Waals surface area (Å²) in [5.41, 5.74) is 1.30. The van der Waals surface area contributed by atoms with Crippen LogP contribution < -0.4 is 74.2 Å². The smallest absolute Gasteiger partial charge is 0.790 e. The van der Waals surface area contributed by atoms with Crippen molar-refractivity contribution in [2.45, 2.75) is 13.5 Å². The summed E-state index contributed by atoms with van der Waals surface area (Å²) in [4.78, 5) is 50.5. The van der Waals surface area contributed by atoms with Gasteiger partial charge >= 0.3 is 59.1 Å². The van der Waals surface area contributed by atoms with E-state index < -0.39 is 20.3 Å². The number of amides is 1. The number of hydrogen-bond acceptors (Lipinski definition) is 9. The summed E-state index contributed by atoms with van der Waals surface area (Å²) in [6.07, 6.45) is 0. The van der Waals surface area contributed by atoms with Crippen LogP contribution >= 0.6 is 23.8 Å². The number of nitrogens with zero attached hydrogens (tertiary/aromatic N) is 4. The van der Waals surface area contributed by atoms with Crippen molar-refractivity contribution in [3.63, 3.8) is 0 Å². The van der Waals surface area contributed by atoms with Crippen LogP contribution in [0.1, 0.15) is 32.0 Å². The summed E-state index contributed by atoms with van der Waals surface area (Å²) < 4.78 is 15.4. The standard InChI is InChI=1S/C17H18BrN6O6P.2Na/c1-9-12(15(25)10-4-3-5-11(18)8-10)14(17(26)19-2)20-13(9)16-21-23-24(22-16)6-7-30-31(27,28)29;;/h3-5,8,20H,6-7H2,1-2H3,(H,19,26)(H2,27,28,29);;/q;2*+1/p-2. The number of phosphoric acid groups is 1. The molecule has 0 aliphatic carbocycles. The number of nitrogens with one attached hydrogen (secondary N) is 2. The van der Waals surface area contributed by atoms with Crippen LogP contribution in [-0.2, 0) is 15.6 Å². The summed E-state index contributed by atoms with van der Waals surface area (Å²) >= 11 is 3.32. The molecule has 1 amide bonds. The molecule has 0 fully saturated rings. The SMILES string of the molecule is CNC(=O)c1[nH]c(-c2nnn(CCOP(=O)([O-])[O-])n2)c(C)c1C(=O)c1cccc(Br)c1.[Na+].[Na+]. The van der Waals surface area contributed by atoms with Crippen LogP contribution in [0.15, 0.2) is 28.7 Å². The van der Waals surface area contributed by atoms with Crippen molar-refractivity contribution in [3.8, 4) is 11.5 Å². The second kappa shape index (κ2) is 12.8. The molecule has 0 spiro atoms. The fourth-order valence-electron chi connectivity index (χ4n) is 2.84. The minimum Gasteiger partial charge on any atom is -0.790 e. The Labute approximate surface area is 241 Å². The summed E-state index contributed by atoms with van der Waals surface area (Å²) in [6, 6.07) is 6.75. The number of hydrogen-bond donors (Lipinski definition) is 2. The van der Waals surface area contributed by atoms with E-state index in [1.54, 1.807) is 31.2 Å². The number of tetrazole rings is 1. The Bertz CT molecular complexity index is 1200. The van der Waals surface area contributed by atoms with Crippen molar-refractivity contribution in [1.82, 2.24) is 30.5 Å². The molecule has 0 unspecified atom stereocenters. The molecule has 0 saturated heterocycles. The Morgan fingerprint density at radius 1 is 1.30 bits per heavy atom. The predicted octanol–water partition coefficient (Wildman–Crippen LogP) is -5.82. The van der Waals surface area contributed by atoms with Gasteiger partial charge in [-0.1, -0.05) is 28.1 Å². The molecule has 0 aliphatic rings. The van der Waals surface area contributed by atoms with Crippen LogP contribution in [0.3, 0.4) is 0 Å². The summed E-state index contributed by atoms with van der Waals surface area (Å²) in [7, 11) is -3.67. The van der Waals surface area contributed by atoms with Crippen molar-refractivity contribution < 1.29 is 87.6 Å². The van der Waals surface area contributed by atoms with Gasteiger partial charge in [-0.2, -0.15) is 4.80 Å². The second-order valence-electron chi connectivity index (χ2n) is 6.28. The maximum atomic E-state index is 13.2. The van der Waals surface area contributed by atoms with Crippen LogP contribution in [0.2, 0.25) is 0 Å². The second-order valence-corrected chi connectivity index (χ2v) is 8.35. The third kappa shape index (κ3) is 7.64. The molecule has 0 radical (unpaired) electrons. The van der Waals surface area contributed by atoms with Gasteiger partial charge in [-0.15, -0.1) is 10.2 Å². The molecule has 2 aromatic heterocycles. The Hall–Kier alpha value is -0.700. The van der Waals surface area contributed by atoms with Gasteiger partial charge in [-0.25, -0.2) is 0 Å². The zero-order valence-corrected chi connectivity index (χ0v) is 24.8. The van der Waals surface area contributed by atoms with Crippen molar-refractivity contribution in [2.75, 3.05) is 13.7 Å². The molecule has 0 atom stereocenters. The fraction of sp³-hybridized carbons (Fsp3) is 0.235. The minimum absolute atomic E-state index is 0. The van der Waals surface area contributed by atoms with E-state index in [1.165, 1.54) is 7.05 Å². The maximum absolute atomic E-state index is 13.2. The monoisotopic (exact) mass is 556 g/mol. The third-order valence-electron chi connectivity index (χ3n) is 4.24. The van der Waals surface area contributed by atoms with E-state index in [4.69, 9.17) is 0 Å². The molecular weight excluding hydrogens is 541 g/mol. The fourth-order valence-corrected chi connectivity index (χ4v) is 3.55. The van der Waals surface area contributed by atoms with E-state index >= 15 is 0 Å². The first-order valence-corrected chi connectivity index (χ1v) is 11.1. The van der Waals surface area contributed by atoms with Crippen molar-refractivity contribution in [1.29, 1.82) is 0 Å². The number of H-pyrrole nitrogens is 1. The minimum atomic E-state index is -5.10. The normalized spacial score (nSPS) is 10.8. The summed E-state index contributed by atoms with van der Waals surface area (Å²) in [6.45, 7) is 1.03. The van der Waals surface area contributed by atoms with Crippen LogP contribution in [0.25, 0.3) is 11.5 Å². The molecule has 0 saturated carbocycles. The number of aromatic amines is 1. The zero-order valence-electron chi connectivity index (χ0n) is 18.3. The first-order valence-electron chi connectivity index (χ1n) is 8.80. The van der Waals surface area contributed by atoms with Gasteiger partial charge in [0.1, 0.15) is 5.69 Å². The molecule has 2 heterocycles. The number of benzene rings is 1. The molecule has 16 heteroatoms. The Balaban J connectivity index is 0.00000272. The van der Waals surface area contributed by atoms with E-state index in [-0.39, 0.29) is 88.5 Å². The number of carbonyl (C=O) groups excluding carboxylic acids is 2. The number of carbonyl (C=O) groups is 2. The van der Waals surface area contributed by atoms with Gasteiger partial charge in [0.15, 0.2) is 5.78 Å². The van der Waals surface area contributed by atoms with Crippen LogP contribution in [0.4, 0.5) is 0 Å². The van der Waals surface area contributed by atoms with Gasteiger partial charge in [0.05, 0.1) is 32.2 Å². The van der Waals surface area contributed by atoms with Gasteiger partial charge in [-0.3, -0.25) is 9.59 Å². The first-order chi connectivity index (χ1) is 14.6. The van der Waals surface area contributed by atoms with E-state index in [0.717, 1.165) is 4.80 Å². The van der Waals surface area contributed by atoms with Gasteiger partial charge in [0, 0.05) is 17.1 Å². The van der Waals surface area contributed by atoms with E-state index in [2.05, 4.69) is 46.2 Å². The first kappa shape index (κ1) is 30.3. The maximum Gasteiger partial charge on any atom is 1.00 e. The van der Waals surface area contributed by atoms with Gasteiger partial charge < -0.3 is 29.2 Å². The Morgan fingerprint density at radius 3 is 2.61 bits per heavy atom. The number of rotatable bonds is 8. The molecule has 1 aromatic carbocycles. The Morgan fingerprint density at radius 2 is 2.00 bits per heavy atom. The third-order valence-corrected chi connectivity index (χ3v) is 5.23. The number of halogens is 1. The van der Waals surface area contributed by atoms with Crippen LogP contribution in [0, 0.1) is 6.92 Å². The molecule has 12 nitrogen and oxygen atoms in total. The van der Waals surface area contributed by atoms with Gasteiger partial charge in [0.25, 0.3) is 5.91 Å². The van der Waals surface area contributed by atoms with Crippen molar-refractivity contribution in [3.05, 3.63) is 51.1 Å². The molecular formula is C17H16BrN6Na2O6P. The molecule has 2 N–H and O–H groups in total. The Kier molecular flexibility index (Phi) is 11.8. The van der Waals surface area contributed by atoms with Crippen LogP contribution in [0.5, 0.6) is 0 Å². The molecule has 164 valence electrons. The van der Waals surface area contributed by atoms with E-state index in [0.29, 0.717) is 21.3 Å². The van der Waals surface area contributed by atoms with Gasteiger partial charge in [0.2, 0.25) is 5.82 Å². The quantitative estimate of drug-likeness (QED) is 0.155. The number of aromatic nitrogens is 5. The van der Waals surface area contributed by atoms with E-state index in [9.17, 15) is 23.9 Å². The molecule has 0 aliphatic heterocycles. The number of phosphoric ester groups is 1. The zero-order chi connectivity index (χ0) is 22.8. The van der Waals surface area contributed by atoms with Crippen molar-refractivity contribution >= 4 is 35.4 Å². The largest absolute Gasteiger partial charge is 1.00 e. The summed E-state index contributed by atoms with van der Waals surface area (Å²) in [5.74, 6) is -0.805. The summed E-state index contributed by atoms with van der Waals surface area (Å²) in [5, 5.41) is 14.2. The predicted molar refractivity (Wildman–Crippen MR) is 107 cm³/mol. The molecule has 3 aromatic rings. The van der Waals surface area contributed by atoms with Crippen molar-refractivity contribution in [2.24, 2.45) is 0 Å². The molecule has 0 bridgehead atoms. The van der Waals surface area contributed by atoms with Gasteiger partial charge in [-0.05, 0) is 29.8 Å². The molecule has 33 heavy (non-hydrogen) atoms. The van der Waals surface area contributed by atoms with E-state index in [1.807, 2.05) is 0 Å². The average molecular weight is 557 g/mol.